The highest BCUT2D eigenvalue weighted by molar-refractivity contribution is 4.65. The van der Waals surface area contributed by atoms with Crippen LogP contribution in [0.4, 0.5) is 0 Å². The van der Waals surface area contributed by atoms with Crippen LogP contribution in [0.1, 0.15) is 34.1 Å². The van der Waals surface area contributed by atoms with E-state index in [0.29, 0.717) is 12.5 Å². The van der Waals surface area contributed by atoms with Gasteiger partial charge in [-0.05, 0) is 32.0 Å². The molecule has 0 aromatic rings. The SMILES string of the molecule is CCN(CC)CC(O)CNCCCOCC(C)C. The zero-order valence-corrected chi connectivity index (χ0v) is 12.6. The molecule has 0 radical (unpaired) electrons. The van der Waals surface area contributed by atoms with Crippen molar-refractivity contribution in [2.24, 2.45) is 5.92 Å². The molecule has 1 atom stereocenters. The van der Waals surface area contributed by atoms with Crippen molar-refractivity contribution in [2.45, 2.75) is 40.2 Å². The van der Waals surface area contributed by atoms with Crippen molar-refractivity contribution < 1.29 is 9.84 Å². The highest BCUT2D eigenvalue weighted by atomic mass is 16.5. The largest absolute Gasteiger partial charge is 0.390 e. The van der Waals surface area contributed by atoms with Gasteiger partial charge in [0.05, 0.1) is 6.10 Å². The molecule has 1 unspecified atom stereocenters. The smallest absolute Gasteiger partial charge is 0.0791 e. The third-order valence-corrected chi connectivity index (χ3v) is 2.84. The quantitative estimate of drug-likeness (QED) is 0.520. The number of hydrogen-bond donors (Lipinski definition) is 2. The summed E-state index contributed by atoms with van der Waals surface area (Å²) in [6.07, 6.45) is 0.728. The minimum Gasteiger partial charge on any atom is -0.390 e. The minimum atomic E-state index is -0.276. The number of hydrogen-bond acceptors (Lipinski definition) is 4. The van der Waals surface area contributed by atoms with E-state index >= 15 is 0 Å². The molecule has 0 aromatic carbocycles. The Hall–Kier alpha value is -0.160. The molecule has 0 fully saturated rings. The van der Waals surface area contributed by atoms with Crippen LogP contribution in [0.3, 0.4) is 0 Å². The van der Waals surface area contributed by atoms with Crippen LogP contribution in [-0.2, 0) is 4.74 Å². The molecule has 0 bridgehead atoms. The first kappa shape index (κ1) is 17.8. The number of aliphatic hydroxyl groups excluding tert-OH is 1. The normalized spacial score (nSPS) is 13.5. The number of rotatable bonds is 12. The van der Waals surface area contributed by atoms with Crippen LogP contribution in [0.15, 0.2) is 0 Å². The Morgan fingerprint density at radius 1 is 1.22 bits per heavy atom. The van der Waals surface area contributed by atoms with Crippen LogP contribution >= 0.6 is 0 Å². The van der Waals surface area contributed by atoms with Crippen LogP contribution in [-0.4, -0.2) is 62.0 Å². The number of likely N-dealkylation sites (N-methyl/N-ethyl adjacent to an activating group) is 1. The van der Waals surface area contributed by atoms with Gasteiger partial charge in [-0.1, -0.05) is 27.7 Å². The van der Waals surface area contributed by atoms with Gasteiger partial charge in [0.25, 0.3) is 0 Å². The molecule has 110 valence electrons. The van der Waals surface area contributed by atoms with Crippen LogP contribution in [0.5, 0.6) is 0 Å². The molecular formula is C14H32N2O2. The molecule has 0 amide bonds. The van der Waals surface area contributed by atoms with E-state index < -0.39 is 0 Å². The molecule has 4 nitrogen and oxygen atoms in total. The molecule has 2 N–H and O–H groups in total. The first-order valence-electron chi connectivity index (χ1n) is 7.28. The molecule has 0 aliphatic rings. The summed E-state index contributed by atoms with van der Waals surface area (Å²) < 4.78 is 5.49. The van der Waals surface area contributed by atoms with E-state index in [1.165, 1.54) is 0 Å². The van der Waals surface area contributed by atoms with Crippen LogP contribution < -0.4 is 5.32 Å². The van der Waals surface area contributed by atoms with Gasteiger partial charge >= 0.3 is 0 Å². The van der Waals surface area contributed by atoms with Crippen LogP contribution in [0.2, 0.25) is 0 Å². The average molecular weight is 260 g/mol. The first-order valence-corrected chi connectivity index (χ1v) is 7.28. The summed E-state index contributed by atoms with van der Waals surface area (Å²) in [6.45, 7) is 14.5. The van der Waals surface area contributed by atoms with E-state index in [4.69, 9.17) is 4.74 Å². The molecule has 0 spiro atoms. The molecule has 0 heterocycles. The predicted octanol–water partition coefficient (Wildman–Crippen LogP) is 1.34. The predicted molar refractivity (Wildman–Crippen MR) is 76.9 cm³/mol. The number of nitrogens with zero attached hydrogens (tertiary/aromatic N) is 1. The van der Waals surface area contributed by atoms with Crippen molar-refractivity contribution in [3.63, 3.8) is 0 Å². The Morgan fingerprint density at radius 3 is 2.44 bits per heavy atom. The summed E-state index contributed by atoms with van der Waals surface area (Å²) in [6, 6.07) is 0. The Kier molecular flexibility index (Phi) is 11.8. The fourth-order valence-corrected chi connectivity index (χ4v) is 1.73. The van der Waals surface area contributed by atoms with Gasteiger partial charge < -0.3 is 20.1 Å². The monoisotopic (exact) mass is 260 g/mol. The summed E-state index contributed by atoms with van der Waals surface area (Å²) in [5.41, 5.74) is 0. The van der Waals surface area contributed by atoms with E-state index in [2.05, 4.69) is 37.9 Å². The van der Waals surface area contributed by atoms with Gasteiger partial charge in [-0.2, -0.15) is 0 Å². The van der Waals surface area contributed by atoms with Gasteiger partial charge in [0.1, 0.15) is 0 Å². The average Bonchev–Trinajstić information content (AvgIpc) is 2.34. The lowest BCUT2D eigenvalue weighted by molar-refractivity contribution is 0.102. The molecular weight excluding hydrogens is 228 g/mol. The highest BCUT2D eigenvalue weighted by Crippen LogP contribution is 1.93. The summed E-state index contributed by atoms with van der Waals surface area (Å²) in [4.78, 5) is 2.23. The second kappa shape index (κ2) is 11.9. The molecule has 0 saturated heterocycles. The molecule has 0 rings (SSSR count). The lowest BCUT2D eigenvalue weighted by Crippen LogP contribution is -2.38. The van der Waals surface area contributed by atoms with E-state index in [1.54, 1.807) is 0 Å². The van der Waals surface area contributed by atoms with E-state index in [0.717, 1.165) is 45.8 Å². The zero-order valence-electron chi connectivity index (χ0n) is 12.6. The Bertz CT molecular complexity index is 173. The fourth-order valence-electron chi connectivity index (χ4n) is 1.73. The van der Waals surface area contributed by atoms with Gasteiger partial charge in [0, 0.05) is 26.3 Å². The topological polar surface area (TPSA) is 44.7 Å². The number of nitrogens with one attached hydrogen (secondary N) is 1. The van der Waals surface area contributed by atoms with Gasteiger partial charge in [-0.25, -0.2) is 0 Å². The van der Waals surface area contributed by atoms with Crippen LogP contribution in [0.25, 0.3) is 0 Å². The van der Waals surface area contributed by atoms with Crippen molar-refractivity contribution in [2.75, 3.05) is 45.9 Å². The fraction of sp³-hybridized carbons (Fsp3) is 1.00. The van der Waals surface area contributed by atoms with Crippen molar-refractivity contribution >= 4 is 0 Å². The molecule has 4 heteroatoms. The second-order valence-electron chi connectivity index (χ2n) is 5.17. The van der Waals surface area contributed by atoms with Crippen molar-refractivity contribution in [1.29, 1.82) is 0 Å². The van der Waals surface area contributed by atoms with Crippen molar-refractivity contribution in [3.8, 4) is 0 Å². The molecule has 18 heavy (non-hydrogen) atoms. The second-order valence-corrected chi connectivity index (χ2v) is 5.17. The van der Waals surface area contributed by atoms with Gasteiger partial charge in [-0.3, -0.25) is 0 Å². The molecule has 0 aliphatic heterocycles. The Balaban J connectivity index is 3.32. The standard InChI is InChI=1S/C14H32N2O2/c1-5-16(6-2)11-14(17)10-15-8-7-9-18-12-13(3)4/h13-15,17H,5-12H2,1-4H3. The van der Waals surface area contributed by atoms with Crippen molar-refractivity contribution in [3.05, 3.63) is 0 Å². The summed E-state index contributed by atoms with van der Waals surface area (Å²) >= 11 is 0. The third kappa shape index (κ3) is 11.0. The molecule has 0 aromatic heterocycles. The van der Waals surface area contributed by atoms with Gasteiger partial charge in [0.2, 0.25) is 0 Å². The van der Waals surface area contributed by atoms with E-state index in [-0.39, 0.29) is 6.10 Å². The van der Waals surface area contributed by atoms with Gasteiger partial charge in [-0.15, -0.1) is 0 Å². The Labute approximate surface area is 113 Å². The van der Waals surface area contributed by atoms with Crippen LogP contribution in [0, 0.1) is 5.92 Å². The lowest BCUT2D eigenvalue weighted by atomic mass is 10.2. The van der Waals surface area contributed by atoms with E-state index in [1.807, 2.05) is 0 Å². The first-order chi connectivity index (χ1) is 8.60. The lowest BCUT2D eigenvalue weighted by Gasteiger charge is -2.22. The maximum Gasteiger partial charge on any atom is 0.0791 e. The Morgan fingerprint density at radius 2 is 1.89 bits per heavy atom. The minimum absolute atomic E-state index is 0.276. The van der Waals surface area contributed by atoms with Gasteiger partial charge in [0.15, 0.2) is 0 Å². The zero-order chi connectivity index (χ0) is 13.8. The maximum atomic E-state index is 9.82. The number of aliphatic hydroxyl groups is 1. The summed E-state index contributed by atoms with van der Waals surface area (Å²) in [5, 5.41) is 13.1. The highest BCUT2D eigenvalue weighted by Gasteiger charge is 2.07. The maximum absolute atomic E-state index is 9.82. The summed E-state index contributed by atoms with van der Waals surface area (Å²) in [7, 11) is 0. The molecule has 0 aliphatic carbocycles. The van der Waals surface area contributed by atoms with Crippen molar-refractivity contribution in [1.82, 2.24) is 10.2 Å². The third-order valence-electron chi connectivity index (χ3n) is 2.84. The molecule has 0 saturated carbocycles. The van der Waals surface area contributed by atoms with E-state index in [9.17, 15) is 5.11 Å². The number of ether oxygens (including phenoxy) is 1. The summed E-state index contributed by atoms with van der Waals surface area (Å²) in [5.74, 6) is 0.605.